The van der Waals surface area contributed by atoms with Crippen molar-refractivity contribution in [1.82, 2.24) is 19.4 Å². The third-order valence-corrected chi connectivity index (χ3v) is 6.72. The number of rotatable bonds is 6. The number of piperazine rings is 1. The standard InChI is InChI=1S/C22H30N4O2S/c1-17-5-6-18(2)20(14-17)26-8-7-23-22(26)29-16-21(27)25-11-9-24(10-12-25)15-19-4-3-13-28-19/h5-8,14,19H,3-4,9-13,15-16H2,1-2H3. The maximum atomic E-state index is 12.7. The highest BCUT2D eigenvalue weighted by molar-refractivity contribution is 7.99. The van der Waals surface area contributed by atoms with Crippen molar-refractivity contribution in [1.29, 1.82) is 0 Å². The van der Waals surface area contributed by atoms with Gasteiger partial charge in [0.25, 0.3) is 0 Å². The molecule has 0 N–H and O–H groups in total. The summed E-state index contributed by atoms with van der Waals surface area (Å²) in [6.07, 6.45) is 6.51. The Balaban J connectivity index is 1.30. The average Bonchev–Trinajstić information content (AvgIpc) is 3.40. The first-order chi connectivity index (χ1) is 14.1. The number of hydrogen-bond donors (Lipinski definition) is 0. The zero-order chi connectivity index (χ0) is 20.2. The van der Waals surface area contributed by atoms with Gasteiger partial charge in [0, 0.05) is 51.7 Å². The van der Waals surface area contributed by atoms with Crippen LogP contribution >= 0.6 is 11.8 Å². The van der Waals surface area contributed by atoms with Crippen molar-refractivity contribution in [2.75, 3.05) is 45.1 Å². The Morgan fingerprint density at radius 1 is 1.24 bits per heavy atom. The molecule has 0 aliphatic carbocycles. The molecule has 2 fully saturated rings. The summed E-state index contributed by atoms with van der Waals surface area (Å²) in [6, 6.07) is 6.40. The van der Waals surface area contributed by atoms with E-state index in [1.807, 2.05) is 11.1 Å². The maximum Gasteiger partial charge on any atom is 0.233 e. The lowest BCUT2D eigenvalue weighted by molar-refractivity contribution is -0.130. The van der Waals surface area contributed by atoms with Crippen molar-refractivity contribution in [3.05, 3.63) is 41.7 Å². The van der Waals surface area contributed by atoms with Crippen molar-refractivity contribution in [2.24, 2.45) is 0 Å². The van der Waals surface area contributed by atoms with E-state index in [0.717, 1.165) is 50.2 Å². The number of carbonyl (C=O) groups excluding carboxylic acids is 1. The molecule has 29 heavy (non-hydrogen) atoms. The number of carbonyl (C=O) groups is 1. The van der Waals surface area contributed by atoms with Crippen LogP contribution in [0, 0.1) is 13.8 Å². The molecule has 0 bridgehead atoms. The van der Waals surface area contributed by atoms with Crippen molar-refractivity contribution in [2.45, 2.75) is 37.9 Å². The van der Waals surface area contributed by atoms with Gasteiger partial charge in [-0.1, -0.05) is 23.9 Å². The number of benzene rings is 1. The van der Waals surface area contributed by atoms with Gasteiger partial charge in [0.2, 0.25) is 5.91 Å². The van der Waals surface area contributed by atoms with Gasteiger partial charge in [0.1, 0.15) is 0 Å². The van der Waals surface area contributed by atoms with Crippen molar-refractivity contribution >= 4 is 17.7 Å². The fourth-order valence-corrected chi connectivity index (χ4v) is 4.90. The zero-order valence-electron chi connectivity index (χ0n) is 17.3. The summed E-state index contributed by atoms with van der Waals surface area (Å²) in [5.41, 5.74) is 3.54. The molecule has 2 aromatic rings. The molecule has 0 radical (unpaired) electrons. The van der Waals surface area contributed by atoms with E-state index in [1.54, 1.807) is 6.20 Å². The normalized spacial score (nSPS) is 20.3. The minimum absolute atomic E-state index is 0.197. The predicted octanol–water partition coefficient (Wildman–Crippen LogP) is 2.90. The molecule has 2 aliphatic rings. The SMILES string of the molecule is Cc1ccc(C)c(-n2ccnc2SCC(=O)N2CCN(CC3CCCO3)CC2)c1. The molecule has 1 aromatic heterocycles. The molecular weight excluding hydrogens is 384 g/mol. The Morgan fingerprint density at radius 2 is 2.07 bits per heavy atom. The van der Waals surface area contributed by atoms with E-state index >= 15 is 0 Å². The number of amides is 1. The van der Waals surface area contributed by atoms with Gasteiger partial charge in [0.05, 0.1) is 17.5 Å². The number of aryl methyl sites for hydroxylation is 2. The molecular formula is C22H30N4O2S. The summed E-state index contributed by atoms with van der Waals surface area (Å²) in [5.74, 6) is 0.621. The fourth-order valence-electron chi connectivity index (χ4n) is 4.03. The summed E-state index contributed by atoms with van der Waals surface area (Å²) in [6.45, 7) is 9.58. The molecule has 2 saturated heterocycles. The van der Waals surface area contributed by atoms with Crippen LogP contribution in [0.4, 0.5) is 0 Å². The molecule has 1 aromatic carbocycles. The van der Waals surface area contributed by atoms with Gasteiger partial charge < -0.3 is 9.64 Å². The molecule has 3 heterocycles. The van der Waals surface area contributed by atoms with E-state index in [2.05, 4.69) is 46.5 Å². The number of nitrogens with zero attached hydrogens (tertiary/aromatic N) is 4. The van der Waals surface area contributed by atoms with E-state index in [9.17, 15) is 4.79 Å². The van der Waals surface area contributed by atoms with E-state index in [4.69, 9.17) is 4.74 Å². The second-order valence-electron chi connectivity index (χ2n) is 7.97. The Hall–Kier alpha value is -1.83. The summed E-state index contributed by atoms with van der Waals surface area (Å²) in [4.78, 5) is 21.6. The molecule has 7 heteroatoms. The summed E-state index contributed by atoms with van der Waals surface area (Å²) >= 11 is 1.52. The lowest BCUT2D eigenvalue weighted by Crippen LogP contribution is -2.50. The molecule has 0 saturated carbocycles. The first-order valence-electron chi connectivity index (χ1n) is 10.5. The molecule has 2 aliphatic heterocycles. The fraction of sp³-hybridized carbons (Fsp3) is 0.545. The molecule has 0 spiro atoms. The topological polar surface area (TPSA) is 50.6 Å². The van der Waals surface area contributed by atoms with Gasteiger partial charge >= 0.3 is 0 Å². The largest absolute Gasteiger partial charge is 0.377 e. The van der Waals surface area contributed by atoms with E-state index in [-0.39, 0.29) is 5.91 Å². The van der Waals surface area contributed by atoms with Gasteiger partial charge in [-0.05, 0) is 43.9 Å². The van der Waals surface area contributed by atoms with Crippen LogP contribution in [-0.4, -0.2) is 76.4 Å². The number of ether oxygens (including phenoxy) is 1. The molecule has 6 nitrogen and oxygen atoms in total. The van der Waals surface area contributed by atoms with Gasteiger partial charge in [-0.25, -0.2) is 4.98 Å². The molecule has 1 atom stereocenters. The van der Waals surface area contributed by atoms with Crippen LogP contribution < -0.4 is 0 Å². The molecule has 156 valence electrons. The first-order valence-corrected chi connectivity index (χ1v) is 11.4. The molecule has 1 amide bonds. The highest BCUT2D eigenvalue weighted by Crippen LogP contribution is 2.24. The van der Waals surface area contributed by atoms with Gasteiger partial charge in [-0.3, -0.25) is 14.3 Å². The summed E-state index contributed by atoms with van der Waals surface area (Å²) < 4.78 is 7.82. The minimum atomic E-state index is 0.197. The Morgan fingerprint density at radius 3 is 2.83 bits per heavy atom. The van der Waals surface area contributed by atoms with Crippen LogP contribution in [0.15, 0.2) is 35.7 Å². The second-order valence-corrected chi connectivity index (χ2v) is 8.92. The van der Waals surface area contributed by atoms with Gasteiger partial charge in [-0.2, -0.15) is 0 Å². The lowest BCUT2D eigenvalue weighted by atomic mass is 10.1. The number of imidazole rings is 1. The first kappa shape index (κ1) is 20.4. The zero-order valence-corrected chi connectivity index (χ0v) is 18.2. The predicted molar refractivity (Wildman–Crippen MR) is 116 cm³/mol. The third kappa shape index (κ3) is 5.02. The number of thioether (sulfide) groups is 1. The third-order valence-electron chi connectivity index (χ3n) is 5.77. The van der Waals surface area contributed by atoms with Gasteiger partial charge in [0.15, 0.2) is 5.16 Å². The quantitative estimate of drug-likeness (QED) is 0.681. The minimum Gasteiger partial charge on any atom is -0.377 e. The highest BCUT2D eigenvalue weighted by atomic mass is 32.2. The number of aromatic nitrogens is 2. The highest BCUT2D eigenvalue weighted by Gasteiger charge is 2.25. The lowest BCUT2D eigenvalue weighted by Gasteiger charge is -2.35. The van der Waals surface area contributed by atoms with Crippen LogP contribution in [0.25, 0.3) is 5.69 Å². The average molecular weight is 415 g/mol. The Bertz CT molecular complexity index is 839. The van der Waals surface area contributed by atoms with Crippen molar-refractivity contribution < 1.29 is 9.53 Å². The van der Waals surface area contributed by atoms with Crippen LogP contribution in [-0.2, 0) is 9.53 Å². The van der Waals surface area contributed by atoms with Crippen LogP contribution in [0.3, 0.4) is 0 Å². The van der Waals surface area contributed by atoms with Crippen LogP contribution in [0.5, 0.6) is 0 Å². The van der Waals surface area contributed by atoms with Crippen molar-refractivity contribution in [3.63, 3.8) is 0 Å². The van der Waals surface area contributed by atoms with E-state index in [1.165, 1.54) is 35.7 Å². The Labute approximate surface area is 177 Å². The summed E-state index contributed by atoms with van der Waals surface area (Å²) in [5, 5.41) is 0.865. The second kappa shape index (κ2) is 9.32. The van der Waals surface area contributed by atoms with E-state index < -0.39 is 0 Å². The van der Waals surface area contributed by atoms with Crippen molar-refractivity contribution in [3.8, 4) is 5.69 Å². The molecule has 4 rings (SSSR count). The van der Waals surface area contributed by atoms with Crippen LogP contribution in [0.1, 0.15) is 24.0 Å². The Kier molecular flexibility index (Phi) is 6.57. The maximum absolute atomic E-state index is 12.7. The van der Waals surface area contributed by atoms with Crippen LogP contribution in [0.2, 0.25) is 0 Å². The smallest absolute Gasteiger partial charge is 0.233 e. The molecule has 1 unspecified atom stereocenters. The number of hydrogen-bond acceptors (Lipinski definition) is 5. The van der Waals surface area contributed by atoms with E-state index in [0.29, 0.717) is 11.9 Å². The van der Waals surface area contributed by atoms with Gasteiger partial charge in [-0.15, -0.1) is 0 Å². The summed E-state index contributed by atoms with van der Waals surface area (Å²) in [7, 11) is 0. The monoisotopic (exact) mass is 414 g/mol.